The molecule has 0 aliphatic heterocycles. The monoisotopic (exact) mass is 356 g/mol. The highest BCUT2D eigenvalue weighted by Crippen LogP contribution is 2.18. The summed E-state index contributed by atoms with van der Waals surface area (Å²) in [4.78, 5) is -0.00161. The molecular formula is C14H16N2O5S2. The second-order valence-corrected chi connectivity index (χ2v) is 9.15. The average molecular weight is 356 g/mol. The molecule has 0 atom stereocenters. The SMILES string of the molecule is CN(C)S(=O)(=O)c1cccc(CS(=O)(=O)c2cccc[n+]2[O-])c1. The highest BCUT2D eigenvalue weighted by atomic mass is 32.2. The van der Waals surface area contributed by atoms with Crippen LogP contribution in [0.15, 0.2) is 58.6 Å². The van der Waals surface area contributed by atoms with Gasteiger partial charge in [-0.2, -0.15) is 4.73 Å². The van der Waals surface area contributed by atoms with E-state index in [2.05, 4.69) is 0 Å². The predicted molar refractivity (Wildman–Crippen MR) is 83.6 cm³/mol. The lowest BCUT2D eigenvalue weighted by atomic mass is 10.2. The Morgan fingerprint density at radius 3 is 2.35 bits per heavy atom. The molecule has 1 heterocycles. The van der Waals surface area contributed by atoms with Crippen LogP contribution in [0.5, 0.6) is 0 Å². The Balaban J connectivity index is 2.40. The van der Waals surface area contributed by atoms with Crippen LogP contribution in [0.1, 0.15) is 5.56 Å². The Kier molecular flexibility index (Phi) is 4.73. The minimum absolute atomic E-state index is 0.00161. The van der Waals surface area contributed by atoms with Crippen LogP contribution in [0, 0.1) is 5.21 Å². The Hall–Kier alpha value is -1.97. The van der Waals surface area contributed by atoms with Gasteiger partial charge < -0.3 is 5.21 Å². The van der Waals surface area contributed by atoms with Crippen molar-refractivity contribution < 1.29 is 21.6 Å². The van der Waals surface area contributed by atoms with Gasteiger partial charge in [0.05, 0.1) is 10.6 Å². The maximum absolute atomic E-state index is 12.3. The highest BCUT2D eigenvalue weighted by Gasteiger charge is 2.25. The molecule has 0 saturated carbocycles. The molecular weight excluding hydrogens is 340 g/mol. The number of hydrogen-bond donors (Lipinski definition) is 0. The quantitative estimate of drug-likeness (QED) is 0.575. The number of rotatable bonds is 5. The largest absolute Gasteiger partial charge is 0.618 e. The van der Waals surface area contributed by atoms with Crippen molar-refractivity contribution in [3.05, 3.63) is 59.4 Å². The molecule has 0 bridgehead atoms. The van der Waals surface area contributed by atoms with Crippen LogP contribution in [0.4, 0.5) is 0 Å². The normalized spacial score (nSPS) is 12.5. The van der Waals surface area contributed by atoms with Crippen LogP contribution in [0.2, 0.25) is 0 Å². The summed E-state index contributed by atoms with van der Waals surface area (Å²) in [5.41, 5.74) is 0.289. The predicted octanol–water partition coefficient (Wildman–Crippen LogP) is 0.544. The van der Waals surface area contributed by atoms with Crippen molar-refractivity contribution >= 4 is 19.9 Å². The molecule has 0 N–H and O–H groups in total. The smallest absolute Gasteiger partial charge is 0.308 e. The number of sulfonamides is 1. The molecule has 1 aromatic heterocycles. The van der Waals surface area contributed by atoms with Gasteiger partial charge in [-0.05, 0) is 23.8 Å². The minimum atomic E-state index is -3.88. The number of hydrogen-bond acceptors (Lipinski definition) is 5. The van der Waals surface area contributed by atoms with Crippen molar-refractivity contribution in [3.63, 3.8) is 0 Å². The summed E-state index contributed by atoms with van der Waals surface area (Å²) in [6.07, 6.45) is 1.10. The first-order chi connectivity index (χ1) is 10.6. The molecule has 9 heteroatoms. The van der Waals surface area contributed by atoms with Gasteiger partial charge in [0.2, 0.25) is 19.9 Å². The van der Waals surface area contributed by atoms with Gasteiger partial charge in [-0.25, -0.2) is 21.1 Å². The Bertz CT molecular complexity index is 922. The summed E-state index contributed by atoms with van der Waals surface area (Å²) < 4.78 is 50.2. The first kappa shape index (κ1) is 17.4. The van der Waals surface area contributed by atoms with E-state index in [1.54, 1.807) is 0 Å². The summed E-state index contributed by atoms with van der Waals surface area (Å²) in [6.45, 7) is 0. The topological polar surface area (TPSA) is 98.5 Å². The molecule has 23 heavy (non-hydrogen) atoms. The maximum Gasteiger partial charge on any atom is 0.308 e. The van der Waals surface area contributed by atoms with E-state index in [0.717, 1.165) is 10.5 Å². The fourth-order valence-electron chi connectivity index (χ4n) is 1.95. The van der Waals surface area contributed by atoms with E-state index >= 15 is 0 Å². The fraction of sp³-hybridized carbons (Fsp3) is 0.214. The number of aromatic nitrogens is 1. The second kappa shape index (κ2) is 6.26. The van der Waals surface area contributed by atoms with Gasteiger partial charge in [0, 0.05) is 26.2 Å². The molecule has 0 aliphatic carbocycles. The minimum Gasteiger partial charge on any atom is -0.618 e. The first-order valence-electron chi connectivity index (χ1n) is 6.57. The van der Waals surface area contributed by atoms with Crippen molar-refractivity contribution in [2.24, 2.45) is 0 Å². The molecule has 0 saturated heterocycles. The third-order valence-corrected chi connectivity index (χ3v) is 6.62. The van der Waals surface area contributed by atoms with E-state index in [0.29, 0.717) is 0 Å². The van der Waals surface area contributed by atoms with Crippen LogP contribution in [0.25, 0.3) is 0 Å². The van der Waals surface area contributed by atoms with E-state index in [1.165, 1.54) is 56.6 Å². The van der Waals surface area contributed by atoms with Crippen LogP contribution < -0.4 is 4.73 Å². The molecule has 0 unspecified atom stereocenters. The summed E-state index contributed by atoms with van der Waals surface area (Å²) in [5.74, 6) is -0.462. The van der Waals surface area contributed by atoms with Gasteiger partial charge in [0.1, 0.15) is 0 Å². The zero-order valence-corrected chi connectivity index (χ0v) is 14.2. The van der Waals surface area contributed by atoms with Crippen LogP contribution in [-0.2, 0) is 25.6 Å². The average Bonchev–Trinajstić information content (AvgIpc) is 2.47. The van der Waals surface area contributed by atoms with E-state index in [1.807, 2.05) is 0 Å². The number of pyridine rings is 1. The summed E-state index contributed by atoms with van der Waals surface area (Å²) in [6, 6.07) is 9.75. The van der Waals surface area contributed by atoms with Crippen LogP contribution >= 0.6 is 0 Å². The van der Waals surface area contributed by atoms with Gasteiger partial charge in [0.25, 0.3) is 0 Å². The number of sulfone groups is 1. The van der Waals surface area contributed by atoms with Gasteiger partial charge in [-0.15, -0.1) is 0 Å². The summed E-state index contributed by atoms with van der Waals surface area (Å²) in [5, 5.41) is 11.2. The molecule has 0 spiro atoms. The van der Waals surface area contributed by atoms with Gasteiger partial charge >= 0.3 is 5.03 Å². The lowest BCUT2D eigenvalue weighted by Gasteiger charge is -2.12. The molecule has 2 aromatic rings. The third-order valence-electron chi connectivity index (χ3n) is 3.14. The molecule has 7 nitrogen and oxygen atoms in total. The molecule has 0 radical (unpaired) electrons. The summed E-state index contributed by atoms with van der Waals surface area (Å²) in [7, 11) is -4.76. The van der Waals surface area contributed by atoms with E-state index in [-0.39, 0.29) is 20.2 Å². The first-order valence-corrected chi connectivity index (χ1v) is 9.66. The van der Waals surface area contributed by atoms with Gasteiger partial charge in [0.15, 0.2) is 6.20 Å². The van der Waals surface area contributed by atoms with E-state index in [9.17, 15) is 22.0 Å². The Morgan fingerprint density at radius 1 is 1.04 bits per heavy atom. The van der Waals surface area contributed by atoms with Crippen molar-refractivity contribution in [3.8, 4) is 0 Å². The van der Waals surface area contributed by atoms with Crippen LogP contribution in [0.3, 0.4) is 0 Å². The Morgan fingerprint density at radius 2 is 1.74 bits per heavy atom. The Labute approximate surface area is 135 Å². The summed E-state index contributed by atoms with van der Waals surface area (Å²) >= 11 is 0. The molecule has 124 valence electrons. The van der Waals surface area contributed by atoms with Crippen LogP contribution in [-0.4, -0.2) is 35.2 Å². The maximum atomic E-state index is 12.3. The van der Waals surface area contributed by atoms with Gasteiger partial charge in [-0.1, -0.05) is 12.1 Å². The van der Waals surface area contributed by atoms with Gasteiger partial charge in [-0.3, -0.25) is 0 Å². The number of benzene rings is 1. The molecule has 1 aromatic carbocycles. The van der Waals surface area contributed by atoms with Crippen molar-refractivity contribution in [1.82, 2.24) is 4.31 Å². The molecule has 0 fully saturated rings. The molecule has 2 rings (SSSR count). The molecule has 0 aliphatic rings. The van der Waals surface area contributed by atoms with Crippen molar-refractivity contribution in [2.45, 2.75) is 15.7 Å². The van der Waals surface area contributed by atoms with Crippen molar-refractivity contribution in [1.29, 1.82) is 0 Å². The lowest BCUT2D eigenvalue weighted by Crippen LogP contribution is -2.33. The number of nitrogens with zero attached hydrogens (tertiary/aromatic N) is 2. The van der Waals surface area contributed by atoms with E-state index in [4.69, 9.17) is 0 Å². The molecule has 0 amide bonds. The van der Waals surface area contributed by atoms with Crippen molar-refractivity contribution in [2.75, 3.05) is 14.1 Å². The van der Waals surface area contributed by atoms with E-state index < -0.39 is 25.6 Å². The lowest BCUT2D eigenvalue weighted by molar-refractivity contribution is -0.646. The highest BCUT2D eigenvalue weighted by molar-refractivity contribution is 7.90. The standard InChI is InChI=1S/C14H16N2O5S2/c1-15(2)23(20,21)13-7-5-6-12(10-13)11-22(18,19)14-8-3-4-9-16(14)17/h3-10H,11H2,1-2H3. The second-order valence-electron chi connectivity index (χ2n) is 5.06. The fourth-order valence-corrected chi connectivity index (χ4v) is 4.31. The zero-order valence-electron chi connectivity index (χ0n) is 12.6. The third kappa shape index (κ3) is 3.69. The zero-order chi connectivity index (χ0) is 17.3.